The molecular formula is C22H32Cl2N2O3. The molecule has 2 aliphatic rings. The second-order valence-electron chi connectivity index (χ2n) is 8.68. The topological polar surface area (TPSA) is 64.0 Å². The molecule has 2 heterocycles. The van der Waals surface area contributed by atoms with Crippen molar-refractivity contribution in [3.05, 3.63) is 27.7 Å². The zero-order valence-corrected chi connectivity index (χ0v) is 18.8. The van der Waals surface area contributed by atoms with Crippen LogP contribution in [0.4, 0.5) is 0 Å². The van der Waals surface area contributed by atoms with Gasteiger partial charge in [-0.25, -0.2) is 0 Å². The van der Waals surface area contributed by atoms with Gasteiger partial charge in [-0.15, -0.1) is 0 Å². The maximum absolute atomic E-state index is 12.9. The molecule has 0 saturated carbocycles. The van der Waals surface area contributed by atoms with Crippen LogP contribution in [0.2, 0.25) is 10.0 Å². The summed E-state index contributed by atoms with van der Waals surface area (Å²) in [4.78, 5) is 17.4. The number of aromatic hydroxyl groups is 1. The molecule has 2 saturated heterocycles. The predicted molar refractivity (Wildman–Crippen MR) is 117 cm³/mol. The van der Waals surface area contributed by atoms with Crippen LogP contribution in [0.15, 0.2) is 12.1 Å². The Hall–Kier alpha value is -1.01. The van der Waals surface area contributed by atoms with Crippen LogP contribution in [0, 0.1) is 5.92 Å². The third kappa shape index (κ3) is 5.38. The Bertz CT molecular complexity index is 704. The highest BCUT2D eigenvalue weighted by Gasteiger charge is 2.35. The molecule has 0 aliphatic carbocycles. The van der Waals surface area contributed by atoms with E-state index in [2.05, 4.69) is 11.8 Å². The quantitative estimate of drug-likeness (QED) is 0.719. The first kappa shape index (κ1) is 22.7. The van der Waals surface area contributed by atoms with Gasteiger partial charge in [-0.3, -0.25) is 4.79 Å². The van der Waals surface area contributed by atoms with Crippen molar-refractivity contribution in [3.8, 4) is 5.75 Å². The second-order valence-corrected chi connectivity index (χ2v) is 9.50. The SMILES string of the molecule is CCC1(O)CCN(C2CCN(C(=O)[C@H](C)Cc3cc(Cl)c(O)c(Cl)c3)CC2)CC1. The van der Waals surface area contributed by atoms with E-state index in [1.54, 1.807) is 12.1 Å². The Balaban J connectivity index is 1.50. The summed E-state index contributed by atoms with van der Waals surface area (Å²) in [5.74, 6) is -0.131. The number of nitrogens with zero attached hydrogens (tertiary/aromatic N) is 2. The molecule has 3 rings (SSSR count). The number of aliphatic hydroxyl groups is 1. The van der Waals surface area contributed by atoms with E-state index in [0.29, 0.717) is 12.5 Å². The van der Waals surface area contributed by atoms with E-state index in [0.717, 1.165) is 63.8 Å². The van der Waals surface area contributed by atoms with Crippen LogP contribution >= 0.6 is 23.2 Å². The number of hydrogen-bond acceptors (Lipinski definition) is 4. The van der Waals surface area contributed by atoms with Gasteiger partial charge in [0.25, 0.3) is 0 Å². The van der Waals surface area contributed by atoms with Crippen LogP contribution in [0.3, 0.4) is 0 Å². The summed E-state index contributed by atoms with van der Waals surface area (Å²) >= 11 is 12.0. The lowest BCUT2D eigenvalue weighted by molar-refractivity contribution is -0.136. The van der Waals surface area contributed by atoms with Gasteiger partial charge in [-0.05, 0) is 56.2 Å². The average molecular weight is 443 g/mol. The Morgan fingerprint density at radius 3 is 2.24 bits per heavy atom. The van der Waals surface area contributed by atoms with Crippen LogP contribution in [0.5, 0.6) is 5.75 Å². The van der Waals surface area contributed by atoms with E-state index in [1.807, 2.05) is 11.8 Å². The smallest absolute Gasteiger partial charge is 0.225 e. The van der Waals surface area contributed by atoms with E-state index >= 15 is 0 Å². The molecule has 0 bridgehead atoms. The van der Waals surface area contributed by atoms with Gasteiger partial charge in [-0.2, -0.15) is 0 Å². The molecule has 2 aliphatic heterocycles. The number of likely N-dealkylation sites (tertiary alicyclic amines) is 2. The molecule has 0 radical (unpaired) electrons. The molecule has 5 nitrogen and oxygen atoms in total. The zero-order valence-electron chi connectivity index (χ0n) is 17.3. The van der Waals surface area contributed by atoms with Gasteiger partial charge in [-0.1, -0.05) is 37.0 Å². The number of phenols is 1. The highest BCUT2D eigenvalue weighted by molar-refractivity contribution is 6.37. The van der Waals surface area contributed by atoms with Crippen molar-refractivity contribution in [2.45, 2.75) is 64.0 Å². The second kappa shape index (κ2) is 9.42. The molecular weight excluding hydrogens is 411 g/mol. The molecule has 0 unspecified atom stereocenters. The number of carbonyl (C=O) groups excluding carboxylic acids is 1. The number of halogens is 2. The van der Waals surface area contributed by atoms with Gasteiger partial charge in [0.15, 0.2) is 5.75 Å². The molecule has 0 aromatic heterocycles. The third-order valence-electron chi connectivity index (χ3n) is 6.72. The van der Waals surface area contributed by atoms with Crippen molar-refractivity contribution < 1.29 is 15.0 Å². The summed E-state index contributed by atoms with van der Waals surface area (Å²) in [6.45, 7) is 7.43. The average Bonchev–Trinajstić information content (AvgIpc) is 2.72. The summed E-state index contributed by atoms with van der Waals surface area (Å²) in [6.07, 6.45) is 5.03. The molecule has 1 amide bonds. The molecule has 162 valence electrons. The normalized spacial score (nSPS) is 21.9. The van der Waals surface area contributed by atoms with Crippen molar-refractivity contribution in [1.82, 2.24) is 9.80 Å². The van der Waals surface area contributed by atoms with E-state index in [-0.39, 0.29) is 27.6 Å². The highest BCUT2D eigenvalue weighted by atomic mass is 35.5. The van der Waals surface area contributed by atoms with Crippen LogP contribution < -0.4 is 0 Å². The number of rotatable bonds is 5. The van der Waals surface area contributed by atoms with Crippen molar-refractivity contribution in [2.75, 3.05) is 26.2 Å². The minimum atomic E-state index is -0.484. The lowest BCUT2D eigenvalue weighted by atomic mass is 9.87. The predicted octanol–water partition coefficient (Wildman–Crippen LogP) is 4.11. The monoisotopic (exact) mass is 442 g/mol. The van der Waals surface area contributed by atoms with E-state index < -0.39 is 5.60 Å². The van der Waals surface area contributed by atoms with Gasteiger partial charge in [0, 0.05) is 38.1 Å². The van der Waals surface area contributed by atoms with Gasteiger partial charge in [0.2, 0.25) is 5.91 Å². The fourth-order valence-corrected chi connectivity index (χ4v) is 5.13. The summed E-state index contributed by atoms with van der Waals surface area (Å²) in [5.41, 5.74) is 0.369. The van der Waals surface area contributed by atoms with Crippen LogP contribution in [-0.4, -0.2) is 63.7 Å². The van der Waals surface area contributed by atoms with Crippen LogP contribution in [0.1, 0.15) is 51.5 Å². The molecule has 2 fully saturated rings. The summed E-state index contributed by atoms with van der Waals surface area (Å²) in [6, 6.07) is 3.85. The Kier molecular flexibility index (Phi) is 7.36. The maximum atomic E-state index is 12.9. The Labute approximate surface area is 183 Å². The standard InChI is InChI=1S/C22H32Cl2N2O3/c1-3-22(29)6-10-25(11-7-22)17-4-8-26(9-5-17)21(28)15(2)12-16-13-18(23)20(27)19(24)14-16/h13-15,17,27,29H,3-12H2,1-2H3/t15-/m1/s1. The van der Waals surface area contributed by atoms with Gasteiger partial charge in [0.1, 0.15) is 0 Å². The molecule has 7 heteroatoms. The number of amides is 1. The van der Waals surface area contributed by atoms with Crippen molar-refractivity contribution >= 4 is 29.1 Å². The van der Waals surface area contributed by atoms with Crippen molar-refractivity contribution in [2.24, 2.45) is 5.92 Å². The largest absolute Gasteiger partial charge is 0.505 e. The molecule has 29 heavy (non-hydrogen) atoms. The first-order chi connectivity index (χ1) is 13.7. The van der Waals surface area contributed by atoms with Gasteiger partial charge >= 0.3 is 0 Å². The van der Waals surface area contributed by atoms with Crippen molar-refractivity contribution in [1.29, 1.82) is 0 Å². The molecule has 1 aromatic rings. The van der Waals surface area contributed by atoms with E-state index in [1.165, 1.54) is 0 Å². The molecule has 1 aromatic carbocycles. The highest BCUT2D eigenvalue weighted by Crippen LogP contribution is 2.34. The lowest BCUT2D eigenvalue weighted by Gasteiger charge is -2.44. The van der Waals surface area contributed by atoms with Crippen LogP contribution in [0.25, 0.3) is 0 Å². The number of hydrogen-bond donors (Lipinski definition) is 2. The fourth-order valence-electron chi connectivity index (χ4n) is 4.60. The summed E-state index contributed by atoms with van der Waals surface area (Å²) in [7, 11) is 0. The Morgan fingerprint density at radius 1 is 1.17 bits per heavy atom. The first-order valence-corrected chi connectivity index (χ1v) is 11.4. The van der Waals surface area contributed by atoms with Gasteiger partial charge in [0.05, 0.1) is 15.6 Å². The van der Waals surface area contributed by atoms with E-state index in [4.69, 9.17) is 23.2 Å². The third-order valence-corrected chi connectivity index (χ3v) is 7.30. The first-order valence-electron chi connectivity index (χ1n) is 10.6. The maximum Gasteiger partial charge on any atom is 0.225 e. The minimum Gasteiger partial charge on any atom is -0.505 e. The number of carbonyl (C=O) groups is 1. The van der Waals surface area contributed by atoms with Crippen molar-refractivity contribution in [3.63, 3.8) is 0 Å². The number of benzene rings is 1. The molecule has 0 spiro atoms. The number of phenolic OH excluding ortho intramolecular Hbond substituents is 1. The zero-order chi connectivity index (χ0) is 21.2. The summed E-state index contributed by atoms with van der Waals surface area (Å²) < 4.78 is 0. The Morgan fingerprint density at radius 2 is 1.72 bits per heavy atom. The molecule has 2 N–H and O–H groups in total. The minimum absolute atomic E-state index is 0.117. The molecule has 1 atom stereocenters. The van der Waals surface area contributed by atoms with Gasteiger partial charge < -0.3 is 20.0 Å². The lowest BCUT2D eigenvalue weighted by Crippen LogP contribution is -2.52. The fraction of sp³-hybridized carbons (Fsp3) is 0.682. The van der Waals surface area contributed by atoms with Crippen LogP contribution in [-0.2, 0) is 11.2 Å². The van der Waals surface area contributed by atoms with E-state index in [9.17, 15) is 15.0 Å². The number of piperidine rings is 2. The summed E-state index contributed by atoms with van der Waals surface area (Å²) in [5, 5.41) is 20.6.